The van der Waals surface area contributed by atoms with E-state index in [4.69, 9.17) is 4.74 Å². The van der Waals surface area contributed by atoms with Crippen LogP contribution in [0.2, 0.25) is 0 Å². The third-order valence-corrected chi connectivity index (χ3v) is 5.37. The van der Waals surface area contributed by atoms with Crippen LogP contribution < -0.4 is 10.2 Å². The molecule has 0 aromatic heterocycles. The van der Waals surface area contributed by atoms with Crippen LogP contribution in [0.4, 0.5) is 11.4 Å². The number of hydrogen-bond donors (Lipinski definition) is 1. The fraction of sp³-hybridized carbons (Fsp3) is 0.375. The van der Waals surface area contributed by atoms with Crippen molar-refractivity contribution in [3.8, 4) is 0 Å². The lowest BCUT2D eigenvalue weighted by molar-refractivity contribution is -0.151. The molecule has 1 saturated heterocycles. The second-order valence-corrected chi connectivity index (χ2v) is 7.56. The first-order chi connectivity index (χ1) is 14.4. The Labute approximate surface area is 177 Å². The van der Waals surface area contributed by atoms with Crippen LogP contribution in [-0.4, -0.2) is 30.9 Å². The van der Waals surface area contributed by atoms with Gasteiger partial charge < -0.3 is 15.0 Å². The molecule has 6 nitrogen and oxygen atoms in total. The largest absolute Gasteiger partial charge is 0.455 e. The molecule has 2 aromatic rings. The smallest absolute Gasteiger partial charge is 0.311 e. The predicted octanol–water partition coefficient (Wildman–Crippen LogP) is 3.65. The number of rotatable bonds is 7. The third-order valence-electron chi connectivity index (χ3n) is 5.37. The van der Waals surface area contributed by atoms with E-state index >= 15 is 0 Å². The highest BCUT2D eigenvalue weighted by molar-refractivity contribution is 6.01. The number of esters is 1. The molecule has 1 N–H and O–H groups in total. The molecule has 0 aliphatic carbocycles. The second kappa shape index (κ2) is 9.57. The summed E-state index contributed by atoms with van der Waals surface area (Å²) in [5.41, 5.74) is 4.83. The number of nitrogens with zero attached hydrogens (tertiary/aromatic N) is 1. The minimum absolute atomic E-state index is 0.0864. The van der Waals surface area contributed by atoms with Crippen LogP contribution in [0.1, 0.15) is 37.0 Å². The molecular formula is C24H28N2O4. The molecule has 2 amide bonds. The van der Waals surface area contributed by atoms with Gasteiger partial charge in [-0.25, -0.2) is 0 Å². The van der Waals surface area contributed by atoms with E-state index in [2.05, 4.69) is 19.2 Å². The number of nitrogens with one attached hydrogen (secondary N) is 1. The van der Waals surface area contributed by atoms with Crippen molar-refractivity contribution in [3.05, 3.63) is 59.2 Å². The van der Waals surface area contributed by atoms with Crippen LogP contribution in [0.25, 0.3) is 0 Å². The van der Waals surface area contributed by atoms with E-state index < -0.39 is 17.8 Å². The Morgan fingerprint density at radius 1 is 1.07 bits per heavy atom. The molecule has 30 heavy (non-hydrogen) atoms. The third kappa shape index (κ3) is 4.87. The van der Waals surface area contributed by atoms with Crippen LogP contribution >= 0.6 is 0 Å². The topological polar surface area (TPSA) is 75.7 Å². The summed E-state index contributed by atoms with van der Waals surface area (Å²) in [6.07, 6.45) is 1.71. The number of carbonyl (C=O) groups is 3. The number of aryl methyl sites for hydroxylation is 3. The molecule has 1 aliphatic heterocycles. The summed E-state index contributed by atoms with van der Waals surface area (Å²) in [6.45, 7) is 5.97. The van der Waals surface area contributed by atoms with Crippen molar-refractivity contribution < 1.29 is 19.1 Å². The van der Waals surface area contributed by atoms with Gasteiger partial charge in [-0.2, -0.15) is 0 Å². The number of para-hydroxylation sites is 1. The molecule has 1 heterocycles. The van der Waals surface area contributed by atoms with Gasteiger partial charge >= 0.3 is 5.97 Å². The van der Waals surface area contributed by atoms with E-state index in [9.17, 15) is 14.4 Å². The Morgan fingerprint density at radius 2 is 1.70 bits per heavy atom. The minimum atomic E-state index is -0.570. The van der Waals surface area contributed by atoms with Crippen molar-refractivity contribution in [2.45, 2.75) is 40.0 Å². The molecule has 6 heteroatoms. The van der Waals surface area contributed by atoms with Crippen LogP contribution in [0.3, 0.4) is 0 Å². The van der Waals surface area contributed by atoms with E-state index in [1.165, 1.54) is 0 Å². The normalized spacial score (nSPS) is 15.9. The summed E-state index contributed by atoms with van der Waals surface area (Å²) in [7, 11) is 0. The first-order valence-electron chi connectivity index (χ1n) is 10.4. The zero-order valence-corrected chi connectivity index (χ0v) is 17.7. The number of carbonyl (C=O) groups excluding carboxylic acids is 3. The molecule has 0 bridgehead atoms. The molecule has 0 spiro atoms. The van der Waals surface area contributed by atoms with Gasteiger partial charge in [-0.05, 0) is 43.0 Å². The van der Waals surface area contributed by atoms with Gasteiger partial charge in [0, 0.05) is 24.3 Å². The Kier molecular flexibility index (Phi) is 6.87. The Balaban J connectivity index is 1.60. The van der Waals surface area contributed by atoms with Crippen LogP contribution in [0.5, 0.6) is 0 Å². The lowest BCUT2D eigenvalue weighted by Crippen LogP contribution is -2.29. The zero-order valence-electron chi connectivity index (χ0n) is 17.7. The van der Waals surface area contributed by atoms with E-state index in [0.29, 0.717) is 5.69 Å². The minimum Gasteiger partial charge on any atom is -0.455 e. The molecule has 3 rings (SSSR count). The molecule has 0 saturated carbocycles. The van der Waals surface area contributed by atoms with Gasteiger partial charge in [-0.3, -0.25) is 14.4 Å². The standard InChI is InChI=1S/C24H28N2O4/c1-4-17-7-6-8-18(5-2)23(17)26-14-19(13-22(26)28)24(29)30-15-21(27)25-20-11-9-16(3)10-12-20/h6-12,19H,4-5,13-15H2,1-3H3,(H,25,27)/t19-/m0/s1. The monoisotopic (exact) mass is 408 g/mol. The molecule has 158 valence electrons. The fourth-order valence-electron chi connectivity index (χ4n) is 3.73. The molecule has 1 fully saturated rings. The summed E-state index contributed by atoms with van der Waals surface area (Å²) >= 11 is 0. The lowest BCUT2D eigenvalue weighted by atomic mass is 10.0. The lowest BCUT2D eigenvalue weighted by Gasteiger charge is -2.23. The SMILES string of the molecule is CCc1cccc(CC)c1N1C[C@@H](C(=O)OCC(=O)Nc2ccc(C)cc2)CC1=O. The number of anilines is 2. The van der Waals surface area contributed by atoms with Gasteiger partial charge in [0.05, 0.1) is 5.92 Å². The second-order valence-electron chi connectivity index (χ2n) is 7.56. The van der Waals surface area contributed by atoms with Gasteiger partial charge in [-0.1, -0.05) is 49.7 Å². The van der Waals surface area contributed by atoms with Gasteiger partial charge in [0.15, 0.2) is 6.61 Å². The maximum atomic E-state index is 12.7. The number of hydrogen-bond acceptors (Lipinski definition) is 4. The van der Waals surface area contributed by atoms with E-state index in [1.54, 1.807) is 17.0 Å². The molecule has 0 unspecified atom stereocenters. The number of ether oxygens (including phenoxy) is 1. The maximum Gasteiger partial charge on any atom is 0.311 e. The quantitative estimate of drug-likeness (QED) is 0.710. The average molecular weight is 408 g/mol. The molecule has 1 atom stereocenters. The summed E-state index contributed by atoms with van der Waals surface area (Å²) < 4.78 is 5.20. The van der Waals surface area contributed by atoms with Crippen LogP contribution in [0.15, 0.2) is 42.5 Å². The van der Waals surface area contributed by atoms with Gasteiger partial charge in [0.1, 0.15) is 0 Å². The summed E-state index contributed by atoms with van der Waals surface area (Å²) in [6, 6.07) is 13.4. The molecule has 0 radical (unpaired) electrons. The maximum absolute atomic E-state index is 12.7. The molecule has 1 aliphatic rings. The Hall–Kier alpha value is -3.15. The van der Waals surface area contributed by atoms with Crippen LogP contribution in [0, 0.1) is 12.8 Å². The van der Waals surface area contributed by atoms with E-state index in [1.807, 2.05) is 37.3 Å². The highest BCUT2D eigenvalue weighted by atomic mass is 16.5. The summed E-state index contributed by atoms with van der Waals surface area (Å²) in [5.74, 6) is -1.58. The first kappa shape index (κ1) is 21.6. The van der Waals surface area contributed by atoms with Crippen molar-refractivity contribution in [3.63, 3.8) is 0 Å². The van der Waals surface area contributed by atoms with Crippen molar-refractivity contribution in [2.24, 2.45) is 5.92 Å². The van der Waals surface area contributed by atoms with Crippen molar-refractivity contribution in [2.75, 3.05) is 23.4 Å². The molecule has 2 aromatic carbocycles. The fourth-order valence-corrected chi connectivity index (χ4v) is 3.73. The summed E-state index contributed by atoms with van der Waals surface area (Å²) in [5, 5.41) is 2.70. The Morgan fingerprint density at radius 3 is 2.30 bits per heavy atom. The number of amides is 2. The number of benzene rings is 2. The van der Waals surface area contributed by atoms with Gasteiger partial charge in [-0.15, -0.1) is 0 Å². The van der Waals surface area contributed by atoms with Crippen molar-refractivity contribution in [1.29, 1.82) is 0 Å². The van der Waals surface area contributed by atoms with Crippen molar-refractivity contribution >= 4 is 29.2 Å². The summed E-state index contributed by atoms with van der Waals surface area (Å²) in [4.78, 5) is 38.9. The first-order valence-corrected chi connectivity index (χ1v) is 10.4. The highest BCUT2D eigenvalue weighted by Gasteiger charge is 2.37. The van der Waals surface area contributed by atoms with Crippen LogP contribution in [-0.2, 0) is 32.0 Å². The zero-order chi connectivity index (χ0) is 21.7. The van der Waals surface area contributed by atoms with Gasteiger partial charge in [0.25, 0.3) is 5.91 Å². The molecular weight excluding hydrogens is 380 g/mol. The highest BCUT2D eigenvalue weighted by Crippen LogP contribution is 2.32. The van der Waals surface area contributed by atoms with E-state index in [0.717, 1.165) is 35.2 Å². The van der Waals surface area contributed by atoms with Gasteiger partial charge in [0.2, 0.25) is 5.91 Å². The van der Waals surface area contributed by atoms with Crippen molar-refractivity contribution in [1.82, 2.24) is 0 Å². The Bertz CT molecular complexity index is 914. The predicted molar refractivity (Wildman–Crippen MR) is 116 cm³/mol. The average Bonchev–Trinajstić information content (AvgIpc) is 3.14. The van der Waals surface area contributed by atoms with E-state index in [-0.39, 0.29) is 25.5 Å².